The average Bonchev–Trinajstić information content (AvgIpc) is 2.83. The van der Waals surface area contributed by atoms with Gasteiger partial charge in [0.05, 0.1) is 5.60 Å². The summed E-state index contributed by atoms with van der Waals surface area (Å²) in [6.07, 6.45) is 6.49. The second-order valence-electron chi connectivity index (χ2n) is 6.66. The van der Waals surface area contributed by atoms with E-state index in [9.17, 15) is 5.11 Å². The first-order valence-electron chi connectivity index (χ1n) is 7.67. The molecule has 0 aliphatic heterocycles. The third-order valence-electron chi connectivity index (χ3n) is 4.98. The molecule has 0 bridgehead atoms. The van der Waals surface area contributed by atoms with Crippen LogP contribution in [0.4, 0.5) is 0 Å². The zero-order chi connectivity index (χ0) is 13.3. The summed E-state index contributed by atoms with van der Waals surface area (Å²) in [7, 11) is 0. The molecule has 0 unspecified atom stereocenters. The number of benzene rings is 1. The lowest BCUT2D eigenvalue weighted by atomic mass is 9.79. The number of nitrogens with one attached hydrogen (secondary N) is 1. The molecule has 0 saturated heterocycles. The van der Waals surface area contributed by atoms with E-state index in [1.165, 1.54) is 24.0 Å². The number of rotatable bonds is 3. The van der Waals surface area contributed by atoms with Crippen LogP contribution in [0.1, 0.15) is 43.7 Å². The van der Waals surface area contributed by atoms with Crippen molar-refractivity contribution in [2.24, 2.45) is 5.92 Å². The van der Waals surface area contributed by atoms with Crippen LogP contribution in [0.15, 0.2) is 24.3 Å². The third-order valence-corrected chi connectivity index (χ3v) is 4.98. The molecule has 104 valence electrons. The number of hydrogen-bond acceptors (Lipinski definition) is 2. The van der Waals surface area contributed by atoms with Gasteiger partial charge in [-0.2, -0.15) is 0 Å². The summed E-state index contributed by atoms with van der Waals surface area (Å²) >= 11 is 0. The zero-order valence-electron chi connectivity index (χ0n) is 11.9. The summed E-state index contributed by atoms with van der Waals surface area (Å²) in [6.45, 7) is 3.05. The summed E-state index contributed by atoms with van der Waals surface area (Å²) in [5.41, 5.74) is 2.50. The predicted molar refractivity (Wildman–Crippen MR) is 78.2 cm³/mol. The molecule has 0 spiro atoms. The molecular weight excluding hydrogens is 234 g/mol. The van der Waals surface area contributed by atoms with Crippen LogP contribution in [0, 0.1) is 5.92 Å². The van der Waals surface area contributed by atoms with E-state index < -0.39 is 5.60 Å². The summed E-state index contributed by atoms with van der Waals surface area (Å²) in [4.78, 5) is 0. The van der Waals surface area contributed by atoms with Crippen LogP contribution < -0.4 is 5.32 Å². The van der Waals surface area contributed by atoms with E-state index in [2.05, 4.69) is 36.5 Å². The molecule has 1 saturated carbocycles. The van der Waals surface area contributed by atoms with Gasteiger partial charge in [0.2, 0.25) is 0 Å². The van der Waals surface area contributed by atoms with Gasteiger partial charge in [-0.05, 0) is 55.6 Å². The fraction of sp³-hybridized carbons (Fsp3) is 0.647. The van der Waals surface area contributed by atoms with Crippen molar-refractivity contribution in [3.8, 4) is 0 Å². The highest BCUT2D eigenvalue weighted by atomic mass is 16.3. The largest absolute Gasteiger partial charge is 0.389 e. The van der Waals surface area contributed by atoms with E-state index in [-0.39, 0.29) is 0 Å². The molecule has 0 atom stereocenters. The van der Waals surface area contributed by atoms with Gasteiger partial charge in [0.25, 0.3) is 0 Å². The molecular formula is C17H25NO. The zero-order valence-corrected chi connectivity index (χ0v) is 11.9. The van der Waals surface area contributed by atoms with Crippen LogP contribution >= 0.6 is 0 Å². The molecule has 0 heterocycles. The Hall–Kier alpha value is -0.860. The number of hydrogen-bond donors (Lipinski definition) is 2. The van der Waals surface area contributed by atoms with E-state index >= 15 is 0 Å². The first-order valence-corrected chi connectivity index (χ1v) is 7.67. The molecule has 1 fully saturated rings. The highest BCUT2D eigenvalue weighted by Crippen LogP contribution is 2.31. The van der Waals surface area contributed by atoms with Gasteiger partial charge in [-0.15, -0.1) is 0 Å². The van der Waals surface area contributed by atoms with E-state index in [0.29, 0.717) is 6.04 Å². The van der Waals surface area contributed by atoms with Crippen LogP contribution in [0.2, 0.25) is 0 Å². The van der Waals surface area contributed by atoms with Gasteiger partial charge in [0.1, 0.15) is 0 Å². The lowest BCUT2D eigenvalue weighted by Crippen LogP contribution is -2.46. The summed E-state index contributed by atoms with van der Waals surface area (Å²) in [6, 6.07) is 9.22. The van der Waals surface area contributed by atoms with Crippen molar-refractivity contribution in [3.63, 3.8) is 0 Å². The molecule has 3 rings (SSSR count). The first-order chi connectivity index (χ1) is 9.15. The minimum absolute atomic E-state index is 0.457. The molecule has 0 amide bonds. The highest BCUT2D eigenvalue weighted by Gasteiger charge is 2.32. The summed E-state index contributed by atoms with van der Waals surface area (Å²) in [5, 5.41) is 14.2. The van der Waals surface area contributed by atoms with E-state index in [1.54, 1.807) is 0 Å². The van der Waals surface area contributed by atoms with Crippen molar-refractivity contribution in [2.75, 3.05) is 6.54 Å². The van der Waals surface area contributed by atoms with Crippen molar-refractivity contribution in [2.45, 2.75) is 57.1 Å². The minimum Gasteiger partial charge on any atom is -0.389 e. The van der Waals surface area contributed by atoms with Crippen molar-refractivity contribution in [1.29, 1.82) is 0 Å². The fourth-order valence-corrected chi connectivity index (χ4v) is 3.51. The van der Waals surface area contributed by atoms with Crippen molar-refractivity contribution >= 4 is 0 Å². The van der Waals surface area contributed by atoms with Gasteiger partial charge in [0, 0.05) is 12.6 Å². The second-order valence-corrected chi connectivity index (χ2v) is 6.66. The van der Waals surface area contributed by atoms with Gasteiger partial charge in [-0.1, -0.05) is 31.2 Å². The van der Waals surface area contributed by atoms with Gasteiger partial charge in [-0.25, -0.2) is 0 Å². The third kappa shape index (κ3) is 3.01. The fourth-order valence-electron chi connectivity index (χ4n) is 3.51. The maximum atomic E-state index is 10.6. The Bertz CT molecular complexity index is 410. The lowest BCUT2D eigenvalue weighted by Gasteiger charge is -2.36. The van der Waals surface area contributed by atoms with Crippen LogP contribution in [-0.4, -0.2) is 23.3 Å². The van der Waals surface area contributed by atoms with Gasteiger partial charge < -0.3 is 10.4 Å². The van der Waals surface area contributed by atoms with Gasteiger partial charge in [0.15, 0.2) is 0 Å². The van der Waals surface area contributed by atoms with Crippen LogP contribution in [-0.2, 0) is 12.8 Å². The van der Waals surface area contributed by atoms with Gasteiger partial charge in [-0.3, -0.25) is 0 Å². The molecule has 2 aliphatic rings. The van der Waals surface area contributed by atoms with Crippen LogP contribution in [0.3, 0.4) is 0 Å². The SMILES string of the molecule is CC1CCC(O)(CNC2Cc3ccccc3C2)CC1. The Kier molecular flexibility index (Phi) is 3.64. The molecule has 2 nitrogen and oxygen atoms in total. The normalized spacial score (nSPS) is 31.4. The van der Waals surface area contributed by atoms with Crippen LogP contribution in [0.25, 0.3) is 0 Å². The molecule has 0 radical (unpaired) electrons. The van der Waals surface area contributed by atoms with E-state index in [1.807, 2.05) is 0 Å². The molecule has 2 heteroatoms. The Morgan fingerprint density at radius 1 is 1.16 bits per heavy atom. The topological polar surface area (TPSA) is 32.3 Å². The van der Waals surface area contributed by atoms with Gasteiger partial charge >= 0.3 is 0 Å². The average molecular weight is 259 g/mol. The van der Waals surface area contributed by atoms with Crippen molar-refractivity contribution in [1.82, 2.24) is 5.32 Å². The standard InChI is InChI=1S/C17H25NO/c1-13-6-8-17(19,9-7-13)12-18-16-10-14-4-2-3-5-15(14)11-16/h2-5,13,16,18-19H,6-12H2,1H3. The number of fused-ring (bicyclic) bond motifs is 1. The Balaban J connectivity index is 1.52. The molecule has 2 N–H and O–H groups in total. The molecule has 19 heavy (non-hydrogen) atoms. The Morgan fingerprint density at radius 2 is 1.74 bits per heavy atom. The molecule has 2 aliphatic carbocycles. The molecule has 1 aromatic rings. The summed E-state index contributed by atoms with van der Waals surface area (Å²) < 4.78 is 0. The monoisotopic (exact) mass is 259 g/mol. The Morgan fingerprint density at radius 3 is 2.32 bits per heavy atom. The predicted octanol–water partition coefficient (Wildman–Crippen LogP) is 2.68. The first kappa shape index (κ1) is 13.1. The van der Waals surface area contributed by atoms with Crippen molar-refractivity contribution < 1.29 is 5.11 Å². The minimum atomic E-state index is -0.457. The number of aliphatic hydroxyl groups is 1. The maximum absolute atomic E-state index is 10.6. The highest BCUT2D eigenvalue weighted by molar-refractivity contribution is 5.33. The van der Waals surface area contributed by atoms with E-state index in [0.717, 1.165) is 38.1 Å². The summed E-state index contributed by atoms with van der Waals surface area (Å²) in [5.74, 6) is 0.788. The Labute approximate surface area is 116 Å². The van der Waals surface area contributed by atoms with Crippen molar-refractivity contribution in [3.05, 3.63) is 35.4 Å². The smallest absolute Gasteiger partial charge is 0.0771 e. The lowest BCUT2D eigenvalue weighted by molar-refractivity contribution is -0.00795. The maximum Gasteiger partial charge on any atom is 0.0771 e. The van der Waals surface area contributed by atoms with Crippen LogP contribution in [0.5, 0.6) is 0 Å². The van der Waals surface area contributed by atoms with E-state index in [4.69, 9.17) is 0 Å². The molecule has 1 aromatic carbocycles. The second kappa shape index (κ2) is 5.26. The quantitative estimate of drug-likeness (QED) is 0.874. The molecule has 0 aromatic heterocycles.